The van der Waals surface area contributed by atoms with Gasteiger partial charge in [0.2, 0.25) is 0 Å². The van der Waals surface area contributed by atoms with Crippen molar-refractivity contribution in [3.8, 4) is 0 Å². The zero-order valence-corrected chi connectivity index (χ0v) is 17.5. The number of carbonyl (C=O) groups excluding carboxylic acids is 1. The van der Waals surface area contributed by atoms with Crippen LogP contribution in [0, 0.1) is 6.92 Å². The highest BCUT2D eigenvalue weighted by Crippen LogP contribution is 2.18. The summed E-state index contributed by atoms with van der Waals surface area (Å²) in [7, 11) is -3.76. The summed E-state index contributed by atoms with van der Waals surface area (Å²) in [5, 5.41) is 0. The Kier molecular flexibility index (Phi) is 5.64. The standard InChI is InChI=1S/C23H19N3O4S/c1-16-22(25-21-10-6-5-9-20(21)24-16)15-30-23(27)17-11-13-19(14-12-17)31(28,29)26-18-7-3-2-4-8-18/h2-14,26H,15H2,1H3. The van der Waals surface area contributed by atoms with Crippen molar-refractivity contribution in [2.45, 2.75) is 18.4 Å². The summed E-state index contributed by atoms with van der Waals surface area (Å²) >= 11 is 0. The lowest BCUT2D eigenvalue weighted by Crippen LogP contribution is -2.13. The van der Waals surface area contributed by atoms with E-state index in [9.17, 15) is 13.2 Å². The van der Waals surface area contributed by atoms with Gasteiger partial charge in [-0.15, -0.1) is 0 Å². The molecule has 7 nitrogen and oxygen atoms in total. The number of aromatic nitrogens is 2. The van der Waals surface area contributed by atoms with Crippen LogP contribution in [0.25, 0.3) is 11.0 Å². The van der Waals surface area contributed by atoms with E-state index in [-0.39, 0.29) is 17.1 Å². The first kappa shape index (κ1) is 20.5. The lowest BCUT2D eigenvalue weighted by molar-refractivity contribution is 0.0467. The first-order chi connectivity index (χ1) is 14.9. The van der Waals surface area contributed by atoms with Crippen molar-refractivity contribution < 1.29 is 17.9 Å². The smallest absolute Gasteiger partial charge is 0.338 e. The molecule has 31 heavy (non-hydrogen) atoms. The second-order valence-corrected chi connectivity index (χ2v) is 8.50. The van der Waals surface area contributed by atoms with E-state index in [2.05, 4.69) is 14.7 Å². The minimum Gasteiger partial charge on any atom is -0.456 e. The fourth-order valence-electron chi connectivity index (χ4n) is 2.97. The summed E-state index contributed by atoms with van der Waals surface area (Å²) < 4.78 is 32.8. The van der Waals surface area contributed by atoms with Crippen LogP contribution in [0.2, 0.25) is 0 Å². The molecule has 0 radical (unpaired) electrons. The van der Waals surface area contributed by atoms with Crippen LogP contribution >= 0.6 is 0 Å². The Morgan fingerprint density at radius 2 is 1.48 bits per heavy atom. The summed E-state index contributed by atoms with van der Waals surface area (Å²) in [5.41, 5.74) is 3.44. The highest BCUT2D eigenvalue weighted by atomic mass is 32.2. The van der Waals surface area contributed by atoms with Crippen molar-refractivity contribution in [3.05, 3.63) is 95.8 Å². The van der Waals surface area contributed by atoms with Crippen LogP contribution in [0.15, 0.2) is 83.8 Å². The highest BCUT2D eigenvalue weighted by Gasteiger charge is 2.16. The SMILES string of the molecule is Cc1nc2ccccc2nc1COC(=O)c1ccc(S(=O)(=O)Nc2ccccc2)cc1. The van der Waals surface area contributed by atoms with Crippen LogP contribution in [-0.2, 0) is 21.4 Å². The highest BCUT2D eigenvalue weighted by molar-refractivity contribution is 7.92. The van der Waals surface area contributed by atoms with E-state index in [4.69, 9.17) is 4.74 Å². The van der Waals surface area contributed by atoms with E-state index in [1.54, 1.807) is 30.3 Å². The number of anilines is 1. The maximum atomic E-state index is 12.5. The molecule has 156 valence electrons. The zero-order valence-electron chi connectivity index (χ0n) is 16.6. The van der Waals surface area contributed by atoms with E-state index < -0.39 is 16.0 Å². The van der Waals surface area contributed by atoms with Gasteiger partial charge in [0.1, 0.15) is 6.61 Å². The molecule has 0 saturated heterocycles. The number of sulfonamides is 1. The molecular formula is C23H19N3O4S. The molecular weight excluding hydrogens is 414 g/mol. The molecule has 0 amide bonds. The second kappa shape index (κ2) is 8.53. The van der Waals surface area contributed by atoms with Crippen molar-refractivity contribution in [2.24, 2.45) is 0 Å². The molecule has 1 heterocycles. The molecule has 4 aromatic rings. The molecule has 1 N–H and O–H groups in total. The second-order valence-electron chi connectivity index (χ2n) is 6.82. The quantitative estimate of drug-likeness (QED) is 0.460. The fraction of sp³-hybridized carbons (Fsp3) is 0.0870. The number of benzene rings is 3. The van der Waals surface area contributed by atoms with Crippen LogP contribution < -0.4 is 4.72 Å². The van der Waals surface area contributed by atoms with E-state index in [0.717, 1.165) is 11.0 Å². The third kappa shape index (κ3) is 4.70. The van der Waals surface area contributed by atoms with E-state index in [0.29, 0.717) is 17.1 Å². The van der Waals surface area contributed by atoms with Gasteiger partial charge in [-0.2, -0.15) is 0 Å². The molecule has 0 aliphatic heterocycles. The number of para-hydroxylation sites is 3. The van der Waals surface area contributed by atoms with Crippen LogP contribution in [0.1, 0.15) is 21.7 Å². The first-order valence-corrected chi connectivity index (χ1v) is 11.0. The minimum atomic E-state index is -3.76. The number of aryl methyl sites for hydroxylation is 1. The molecule has 0 bridgehead atoms. The van der Waals surface area contributed by atoms with E-state index >= 15 is 0 Å². The normalized spacial score (nSPS) is 11.3. The number of nitrogens with one attached hydrogen (secondary N) is 1. The first-order valence-electron chi connectivity index (χ1n) is 9.50. The summed E-state index contributed by atoms with van der Waals surface area (Å²) in [5.74, 6) is -0.575. The van der Waals surface area contributed by atoms with Gasteiger partial charge in [0.05, 0.1) is 32.9 Å². The monoisotopic (exact) mass is 433 g/mol. The van der Waals surface area contributed by atoms with Crippen molar-refractivity contribution in [3.63, 3.8) is 0 Å². The van der Waals surface area contributed by atoms with Crippen LogP contribution in [0.5, 0.6) is 0 Å². The van der Waals surface area contributed by atoms with Gasteiger partial charge in [-0.3, -0.25) is 4.72 Å². The number of carbonyl (C=O) groups is 1. The Balaban J connectivity index is 1.44. The fourth-order valence-corrected chi connectivity index (χ4v) is 4.03. The number of nitrogens with zero attached hydrogens (tertiary/aromatic N) is 2. The van der Waals surface area contributed by atoms with Crippen molar-refractivity contribution in [1.82, 2.24) is 9.97 Å². The lowest BCUT2D eigenvalue weighted by Gasteiger charge is -2.10. The van der Waals surface area contributed by atoms with Crippen molar-refractivity contribution >= 4 is 32.7 Å². The third-order valence-electron chi connectivity index (χ3n) is 4.61. The van der Waals surface area contributed by atoms with Crippen LogP contribution in [0.3, 0.4) is 0 Å². The maximum Gasteiger partial charge on any atom is 0.338 e. The molecule has 0 unspecified atom stereocenters. The van der Waals surface area contributed by atoms with Gasteiger partial charge in [0.25, 0.3) is 10.0 Å². The third-order valence-corrected chi connectivity index (χ3v) is 6.01. The Bertz CT molecular complexity index is 1340. The number of fused-ring (bicyclic) bond motifs is 1. The number of hydrogen-bond acceptors (Lipinski definition) is 6. The van der Waals surface area contributed by atoms with E-state index in [1.807, 2.05) is 31.2 Å². The van der Waals surface area contributed by atoms with Gasteiger partial charge in [-0.05, 0) is 55.5 Å². The number of esters is 1. The Hall–Kier alpha value is -3.78. The number of hydrogen-bond donors (Lipinski definition) is 1. The van der Waals surface area contributed by atoms with Gasteiger partial charge in [0.15, 0.2) is 0 Å². The summed E-state index contributed by atoms with van der Waals surface area (Å²) in [4.78, 5) is 21.4. The molecule has 0 saturated carbocycles. The molecule has 3 aromatic carbocycles. The zero-order chi connectivity index (χ0) is 21.8. The maximum absolute atomic E-state index is 12.5. The lowest BCUT2D eigenvalue weighted by atomic mass is 10.2. The molecule has 0 atom stereocenters. The predicted octanol–water partition coefficient (Wildman–Crippen LogP) is 4.10. The summed E-state index contributed by atoms with van der Waals surface area (Å²) in [6.45, 7) is 1.78. The largest absolute Gasteiger partial charge is 0.456 e. The summed E-state index contributed by atoms with van der Waals surface area (Å²) in [6, 6.07) is 21.6. The Labute approximate surface area is 179 Å². The van der Waals surface area contributed by atoms with Crippen molar-refractivity contribution in [1.29, 1.82) is 0 Å². The van der Waals surface area contributed by atoms with Crippen molar-refractivity contribution in [2.75, 3.05) is 4.72 Å². The molecule has 4 rings (SSSR count). The Morgan fingerprint density at radius 1 is 0.871 bits per heavy atom. The van der Waals surface area contributed by atoms with Gasteiger partial charge >= 0.3 is 5.97 Å². The number of ether oxygens (including phenoxy) is 1. The molecule has 1 aromatic heterocycles. The van der Waals surface area contributed by atoms with Crippen LogP contribution in [-0.4, -0.2) is 24.4 Å². The number of rotatable bonds is 6. The topological polar surface area (TPSA) is 98.2 Å². The predicted molar refractivity (Wildman–Crippen MR) is 117 cm³/mol. The van der Waals surface area contributed by atoms with E-state index in [1.165, 1.54) is 24.3 Å². The molecule has 0 aliphatic carbocycles. The molecule has 8 heteroatoms. The summed E-state index contributed by atoms with van der Waals surface area (Å²) in [6.07, 6.45) is 0. The molecule has 0 fully saturated rings. The van der Waals surface area contributed by atoms with Gasteiger partial charge in [-0.1, -0.05) is 30.3 Å². The molecule has 0 spiro atoms. The van der Waals surface area contributed by atoms with Gasteiger partial charge in [0, 0.05) is 5.69 Å². The average Bonchev–Trinajstić information content (AvgIpc) is 2.78. The minimum absolute atomic E-state index is 0.0296. The molecule has 0 aliphatic rings. The van der Waals surface area contributed by atoms with Gasteiger partial charge in [-0.25, -0.2) is 23.2 Å². The van der Waals surface area contributed by atoms with Crippen LogP contribution in [0.4, 0.5) is 5.69 Å². The Morgan fingerprint density at radius 3 is 2.16 bits per heavy atom. The van der Waals surface area contributed by atoms with Gasteiger partial charge < -0.3 is 4.74 Å². The average molecular weight is 433 g/mol.